The molecule has 0 radical (unpaired) electrons. The summed E-state index contributed by atoms with van der Waals surface area (Å²) in [6.07, 6.45) is 4.70. The zero-order valence-corrected chi connectivity index (χ0v) is 19.4. The van der Waals surface area contributed by atoms with Crippen LogP contribution in [0, 0.1) is 0 Å². The molecule has 0 spiro atoms. The number of carbonyl (C=O) groups is 3. The molecular weight excluding hydrogens is 460 g/mol. The van der Waals surface area contributed by atoms with Gasteiger partial charge in [-0.25, -0.2) is 9.78 Å². The van der Waals surface area contributed by atoms with Crippen LogP contribution in [0.25, 0.3) is 22.6 Å². The van der Waals surface area contributed by atoms with Gasteiger partial charge in [-0.05, 0) is 65.9 Å². The highest BCUT2D eigenvalue weighted by atomic mass is 16.5. The zero-order valence-electron chi connectivity index (χ0n) is 19.4. The van der Waals surface area contributed by atoms with Crippen LogP contribution in [0.2, 0.25) is 0 Å². The smallest absolute Gasteiger partial charge is 0.339 e. The molecule has 5 rings (SSSR count). The molecule has 0 unspecified atom stereocenters. The van der Waals surface area contributed by atoms with Crippen molar-refractivity contribution in [2.45, 2.75) is 12.8 Å². The Balaban J connectivity index is 1.41. The van der Waals surface area contributed by atoms with Crippen LogP contribution < -0.4 is 10.1 Å². The lowest BCUT2D eigenvalue weighted by Crippen LogP contribution is -2.34. The van der Waals surface area contributed by atoms with Crippen LogP contribution in [0.15, 0.2) is 71.3 Å². The number of para-hydroxylation sites is 1. The Hall–Kier alpha value is -4.72. The molecule has 1 aliphatic rings. The monoisotopic (exact) mass is 482 g/mol. The number of hydrogen-bond donors (Lipinski definition) is 1. The molecule has 1 aliphatic carbocycles. The normalized spacial score (nSPS) is 13.4. The lowest BCUT2D eigenvalue weighted by Gasteiger charge is -2.12. The minimum atomic E-state index is -0.750. The molecule has 2 amide bonds. The van der Waals surface area contributed by atoms with Gasteiger partial charge in [-0.1, -0.05) is 30.3 Å². The molecule has 0 fully saturated rings. The molecule has 0 atom stereocenters. The predicted molar refractivity (Wildman–Crippen MR) is 132 cm³/mol. The van der Waals surface area contributed by atoms with Crippen molar-refractivity contribution in [1.29, 1.82) is 0 Å². The third-order valence-electron chi connectivity index (χ3n) is 5.93. The lowest BCUT2D eigenvalue weighted by atomic mass is 10.0. The topological polar surface area (TPSA) is 108 Å². The number of pyridine rings is 1. The van der Waals surface area contributed by atoms with Crippen molar-refractivity contribution in [3.05, 3.63) is 95.1 Å². The van der Waals surface area contributed by atoms with Gasteiger partial charge in [0.15, 0.2) is 12.4 Å². The molecule has 2 heterocycles. The summed E-state index contributed by atoms with van der Waals surface area (Å²) in [5.41, 5.74) is 4.58. The van der Waals surface area contributed by atoms with E-state index in [-0.39, 0.29) is 5.76 Å². The molecule has 2 aromatic heterocycles. The Kier molecular flexibility index (Phi) is 6.32. The fourth-order valence-electron chi connectivity index (χ4n) is 4.25. The van der Waals surface area contributed by atoms with Crippen LogP contribution in [-0.4, -0.2) is 36.5 Å². The van der Waals surface area contributed by atoms with Crippen LogP contribution in [-0.2, 0) is 16.0 Å². The van der Waals surface area contributed by atoms with Crippen molar-refractivity contribution >= 4 is 40.3 Å². The average molecular weight is 482 g/mol. The summed E-state index contributed by atoms with van der Waals surface area (Å²) in [6.45, 7) is -0.606. The molecule has 0 bridgehead atoms. The summed E-state index contributed by atoms with van der Waals surface area (Å²) in [4.78, 5) is 42.2. The van der Waals surface area contributed by atoms with Crippen LogP contribution in [0.5, 0.6) is 5.75 Å². The first-order valence-electron chi connectivity index (χ1n) is 11.3. The maximum Gasteiger partial charge on any atom is 0.339 e. The largest absolute Gasteiger partial charge is 0.497 e. The number of aromatic nitrogens is 1. The van der Waals surface area contributed by atoms with E-state index in [9.17, 15) is 14.4 Å². The van der Waals surface area contributed by atoms with Crippen molar-refractivity contribution < 1.29 is 28.3 Å². The molecule has 36 heavy (non-hydrogen) atoms. The minimum Gasteiger partial charge on any atom is -0.497 e. The van der Waals surface area contributed by atoms with Gasteiger partial charge in [0.05, 0.1) is 30.1 Å². The number of hydrogen-bond acceptors (Lipinski definition) is 7. The van der Waals surface area contributed by atoms with Gasteiger partial charge in [-0.15, -0.1) is 0 Å². The van der Waals surface area contributed by atoms with Crippen molar-refractivity contribution in [3.63, 3.8) is 0 Å². The van der Waals surface area contributed by atoms with Gasteiger partial charge >= 0.3 is 5.97 Å². The number of rotatable bonds is 6. The summed E-state index contributed by atoms with van der Waals surface area (Å²) < 4.78 is 15.5. The molecule has 0 saturated heterocycles. The van der Waals surface area contributed by atoms with Gasteiger partial charge in [-0.3, -0.25) is 14.9 Å². The summed E-state index contributed by atoms with van der Waals surface area (Å²) in [5.74, 6) is -1.34. The quantitative estimate of drug-likeness (QED) is 0.405. The number of ether oxygens (including phenoxy) is 2. The average Bonchev–Trinajstić information content (AvgIpc) is 3.57. The Morgan fingerprint density at radius 1 is 1.03 bits per heavy atom. The minimum absolute atomic E-state index is 0.0104. The summed E-state index contributed by atoms with van der Waals surface area (Å²) >= 11 is 0. The summed E-state index contributed by atoms with van der Waals surface area (Å²) in [5, 5.41) is 2.79. The summed E-state index contributed by atoms with van der Waals surface area (Å²) in [7, 11) is 1.62. The van der Waals surface area contributed by atoms with Gasteiger partial charge in [0.2, 0.25) is 0 Å². The molecule has 1 N–H and O–H groups in total. The van der Waals surface area contributed by atoms with Crippen LogP contribution in [0.3, 0.4) is 0 Å². The Morgan fingerprint density at radius 3 is 2.58 bits per heavy atom. The van der Waals surface area contributed by atoms with Crippen molar-refractivity contribution in [2.24, 2.45) is 0 Å². The fourth-order valence-corrected chi connectivity index (χ4v) is 4.25. The molecule has 0 saturated carbocycles. The van der Waals surface area contributed by atoms with E-state index in [1.807, 2.05) is 48.5 Å². The highest BCUT2D eigenvalue weighted by Crippen LogP contribution is 2.38. The van der Waals surface area contributed by atoms with Gasteiger partial charge in [0, 0.05) is 5.39 Å². The van der Waals surface area contributed by atoms with Crippen molar-refractivity contribution in [3.8, 4) is 5.75 Å². The molecule has 8 nitrogen and oxygen atoms in total. The molecule has 2 aromatic carbocycles. The van der Waals surface area contributed by atoms with Gasteiger partial charge < -0.3 is 13.9 Å². The number of carbonyl (C=O) groups excluding carboxylic acids is 3. The first-order chi connectivity index (χ1) is 17.5. The molecule has 8 heteroatoms. The number of benzene rings is 2. The van der Waals surface area contributed by atoms with Gasteiger partial charge in [0.1, 0.15) is 5.75 Å². The zero-order chi connectivity index (χ0) is 25.1. The SMILES string of the molecule is COc1ccc(C=C2CCc3c2nc2ccccc2c3C(=O)OCC(=O)NC(=O)c2ccco2)cc1. The molecule has 180 valence electrons. The first-order valence-corrected chi connectivity index (χ1v) is 11.3. The van der Waals surface area contributed by atoms with Crippen LogP contribution >= 0.6 is 0 Å². The number of furan rings is 1. The van der Waals surface area contributed by atoms with E-state index < -0.39 is 24.4 Å². The number of imide groups is 1. The second kappa shape index (κ2) is 9.87. The van der Waals surface area contributed by atoms with E-state index in [0.717, 1.165) is 28.1 Å². The number of nitrogens with one attached hydrogen (secondary N) is 1. The molecular formula is C28H22N2O6. The Morgan fingerprint density at radius 2 is 1.83 bits per heavy atom. The lowest BCUT2D eigenvalue weighted by molar-refractivity contribution is -0.123. The van der Waals surface area contributed by atoms with Crippen LogP contribution in [0.1, 0.15) is 44.2 Å². The van der Waals surface area contributed by atoms with E-state index in [4.69, 9.17) is 18.9 Å². The van der Waals surface area contributed by atoms with Crippen LogP contribution in [0.4, 0.5) is 0 Å². The Bertz CT molecular complexity index is 1490. The van der Waals surface area contributed by atoms with E-state index in [1.165, 1.54) is 18.4 Å². The molecule has 4 aromatic rings. The second-order valence-electron chi connectivity index (χ2n) is 8.20. The second-order valence-corrected chi connectivity index (χ2v) is 8.20. The molecule has 0 aliphatic heterocycles. The summed E-state index contributed by atoms with van der Waals surface area (Å²) in [6, 6.07) is 18.0. The fraction of sp³-hybridized carbons (Fsp3) is 0.143. The number of fused-ring (bicyclic) bond motifs is 2. The number of amides is 2. The highest BCUT2D eigenvalue weighted by Gasteiger charge is 2.28. The standard InChI is InChI=1S/C28H22N2O6/c1-34-19-11-8-17(9-12-19)15-18-10-13-21-25(20-5-2-3-6-22(20)29-26(18)21)28(33)36-16-24(31)30-27(32)23-7-4-14-35-23/h2-9,11-12,14-15H,10,13,16H2,1H3,(H,30,31,32). The highest BCUT2D eigenvalue weighted by molar-refractivity contribution is 6.08. The maximum atomic E-state index is 13.2. The van der Waals surface area contributed by atoms with Crippen molar-refractivity contribution in [2.75, 3.05) is 13.7 Å². The Labute approximate surface area is 206 Å². The number of esters is 1. The number of allylic oxidation sites excluding steroid dienone is 1. The number of nitrogens with zero attached hydrogens (tertiary/aromatic N) is 1. The third-order valence-corrected chi connectivity index (χ3v) is 5.93. The van der Waals surface area contributed by atoms with Gasteiger partial charge in [0.25, 0.3) is 11.8 Å². The van der Waals surface area contributed by atoms with E-state index in [1.54, 1.807) is 7.11 Å². The van der Waals surface area contributed by atoms with E-state index in [0.29, 0.717) is 29.3 Å². The number of methoxy groups -OCH3 is 1. The maximum absolute atomic E-state index is 13.2. The van der Waals surface area contributed by atoms with Crippen molar-refractivity contribution in [1.82, 2.24) is 10.3 Å². The predicted octanol–water partition coefficient (Wildman–Crippen LogP) is 4.44. The van der Waals surface area contributed by atoms with E-state index >= 15 is 0 Å². The third kappa shape index (κ3) is 4.61. The van der Waals surface area contributed by atoms with E-state index in [2.05, 4.69) is 11.4 Å². The van der Waals surface area contributed by atoms with Gasteiger partial charge in [-0.2, -0.15) is 0 Å². The first kappa shape index (κ1) is 23.0.